The van der Waals surface area contributed by atoms with Gasteiger partial charge in [-0.1, -0.05) is 6.07 Å². The first-order chi connectivity index (χ1) is 15.3. The van der Waals surface area contributed by atoms with Gasteiger partial charge in [0.15, 0.2) is 0 Å². The summed E-state index contributed by atoms with van der Waals surface area (Å²) in [6.07, 6.45) is 1.16. The first-order valence-electron chi connectivity index (χ1n) is 10.2. The lowest BCUT2D eigenvalue weighted by Gasteiger charge is -2.30. The molecule has 0 atom stereocenters. The molecule has 7 nitrogen and oxygen atoms in total. The molecule has 1 aliphatic heterocycles. The fourth-order valence-electron chi connectivity index (χ4n) is 3.70. The van der Waals surface area contributed by atoms with E-state index in [9.17, 15) is 22.0 Å². The van der Waals surface area contributed by atoms with E-state index in [2.05, 4.69) is 5.32 Å². The van der Waals surface area contributed by atoms with Crippen LogP contribution in [0.3, 0.4) is 0 Å². The Labute approximate surface area is 186 Å². The van der Waals surface area contributed by atoms with Gasteiger partial charge in [0.1, 0.15) is 28.0 Å². The molecule has 1 N–H and O–H groups in total. The Hall–Kier alpha value is -2.72. The minimum atomic E-state index is -4.17. The lowest BCUT2D eigenvalue weighted by Crippen LogP contribution is -2.43. The number of sulfonamides is 1. The molecule has 10 heteroatoms. The van der Waals surface area contributed by atoms with Crippen LogP contribution in [0.15, 0.2) is 41.3 Å². The first kappa shape index (κ1) is 23.9. The molecule has 1 heterocycles. The van der Waals surface area contributed by atoms with Crippen LogP contribution in [0.1, 0.15) is 18.4 Å². The maximum absolute atomic E-state index is 13.9. The molecule has 32 heavy (non-hydrogen) atoms. The molecular weight excluding hydrogens is 442 g/mol. The molecule has 2 aromatic carbocycles. The van der Waals surface area contributed by atoms with E-state index in [1.807, 2.05) is 12.1 Å². The number of halogens is 2. The van der Waals surface area contributed by atoms with Crippen molar-refractivity contribution in [3.8, 4) is 11.5 Å². The van der Waals surface area contributed by atoms with E-state index in [1.165, 1.54) is 0 Å². The molecule has 1 saturated heterocycles. The SMILES string of the molecule is COc1ccc(CCNC(=O)C2CCN(S(=O)(=O)c3cc(F)ccc3F)CC2)c(OC)c1. The molecule has 2 aromatic rings. The van der Waals surface area contributed by atoms with E-state index < -0.39 is 26.6 Å². The molecular formula is C22H26F2N2O5S. The van der Waals surface area contributed by atoms with Crippen molar-refractivity contribution in [3.63, 3.8) is 0 Å². The van der Waals surface area contributed by atoms with Crippen LogP contribution in [0.2, 0.25) is 0 Å². The number of hydrogen-bond donors (Lipinski definition) is 1. The topological polar surface area (TPSA) is 84.9 Å². The average molecular weight is 469 g/mol. The fourth-order valence-corrected chi connectivity index (χ4v) is 5.24. The van der Waals surface area contributed by atoms with Gasteiger partial charge in [-0.25, -0.2) is 17.2 Å². The summed E-state index contributed by atoms with van der Waals surface area (Å²) in [5, 5.41) is 2.88. The molecule has 0 aromatic heterocycles. The Balaban J connectivity index is 1.53. The van der Waals surface area contributed by atoms with Gasteiger partial charge in [0.05, 0.1) is 14.2 Å². The van der Waals surface area contributed by atoms with Gasteiger partial charge in [-0.15, -0.1) is 0 Å². The summed E-state index contributed by atoms with van der Waals surface area (Å²) in [6.45, 7) is 0.514. The number of benzene rings is 2. The number of methoxy groups -OCH3 is 2. The highest BCUT2D eigenvalue weighted by Crippen LogP contribution is 2.27. The summed E-state index contributed by atoms with van der Waals surface area (Å²) in [5.41, 5.74) is 0.923. The van der Waals surface area contributed by atoms with E-state index >= 15 is 0 Å². The Morgan fingerprint density at radius 1 is 1.09 bits per heavy atom. The molecule has 3 rings (SSSR count). The number of amides is 1. The summed E-state index contributed by atoms with van der Waals surface area (Å²) in [4.78, 5) is 11.8. The van der Waals surface area contributed by atoms with Gasteiger partial charge in [-0.05, 0) is 49.1 Å². The molecule has 174 valence electrons. The van der Waals surface area contributed by atoms with Gasteiger partial charge in [0.25, 0.3) is 0 Å². The quantitative estimate of drug-likeness (QED) is 0.644. The molecule has 0 unspecified atom stereocenters. The maximum Gasteiger partial charge on any atom is 0.246 e. The van der Waals surface area contributed by atoms with Gasteiger partial charge in [-0.3, -0.25) is 4.79 Å². The summed E-state index contributed by atoms with van der Waals surface area (Å²) in [5.74, 6) is -0.993. The van der Waals surface area contributed by atoms with Crippen molar-refractivity contribution >= 4 is 15.9 Å². The van der Waals surface area contributed by atoms with Gasteiger partial charge < -0.3 is 14.8 Å². The van der Waals surface area contributed by atoms with Crippen LogP contribution in [-0.2, 0) is 21.2 Å². The molecule has 1 amide bonds. The smallest absolute Gasteiger partial charge is 0.246 e. The normalized spacial score (nSPS) is 15.4. The first-order valence-corrected chi connectivity index (χ1v) is 11.6. The van der Waals surface area contributed by atoms with Crippen molar-refractivity contribution < 1.29 is 31.5 Å². The van der Waals surface area contributed by atoms with Gasteiger partial charge in [0, 0.05) is 31.6 Å². The molecule has 0 radical (unpaired) electrons. The highest BCUT2D eigenvalue weighted by atomic mass is 32.2. The lowest BCUT2D eigenvalue weighted by atomic mass is 9.97. The van der Waals surface area contributed by atoms with Gasteiger partial charge in [-0.2, -0.15) is 4.31 Å². The third kappa shape index (κ3) is 5.36. The number of nitrogens with zero attached hydrogens (tertiary/aromatic N) is 1. The van der Waals surface area contributed by atoms with Crippen LogP contribution in [0.5, 0.6) is 11.5 Å². The molecule has 1 fully saturated rings. The summed E-state index contributed by atoms with van der Waals surface area (Å²) in [6, 6.07) is 7.80. The van der Waals surface area contributed by atoms with E-state index in [-0.39, 0.29) is 24.9 Å². The van der Waals surface area contributed by atoms with Crippen molar-refractivity contribution in [2.45, 2.75) is 24.2 Å². The number of carbonyl (C=O) groups is 1. The maximum atomic E-state index is 13.9. The Bertz CT molecular complexity index is 1070. The van der Waals surface area contributed by atoms with Crippen LogP contribution in [0, 0.1) is 17.6 Å². The fraction of sp³-hybridized carbons (Fsp3) is 0.409. The van der Waals surface area contributed by atoms with Crippen LogP contribution < -0.4 is 14.8 Å². The zero-order chi connectivity index (χ0) is 23.3. The number of rotatable bonds is 8. The number of carbonyl (C=O) groups excluding carboxylic acids is 1. The number of nitrogens with one attached hydrogen (secondary N) is 1. The second kappa shape index (κ2) is 10.3. The van der Waals surface area contributed by atoms with Crippen LogP contribution >= 0.6 is 0 Å². The van der Waals surface area contributed by atoms with E-state index in [1.54, 1.807) is 20.3 Å². The van der Waals surface area contributed by atoms with Gasteiger partial charge in [0.2, 0.25) is 15.9 Å². The predicted octanol–water partition coefficient (Wildman–Crippen LogP) is 2.74. The number of ether oxygens (including phenoxy) is 2. The van der Waals surface area contributed by atoms with Crippen LogP contribution in [0.4, 0.5) is 8.78 Å². The predicted molar refractivity (Wildman–Crippen MR) is 114 cm³/mol. The molecule has 0 saturated carbocycles. The molecule has 1 aliphatic rings. The number of piperidine rings is 1. The second-order valence-electron chi connectivity index (χ2n) is 7.47. The van der Waals surface area contributed by atoms with Crippen LogP contribution in [-0.4, -0.2) is 52.5 Å². The van der Waals surface area contributed by atoms with Crippen molar-refractivity contribution in [2.24, 2.45) is 5.92 Å². The van der Waals surface area contributed by atoms with E-state index in [4.69, 9.17) is 9.47 Å². The average Bonchev–Trinajstić information content (AvgIpc) is 2.80. The van der Waals surface area contributed by atoms with Crippen molar-refractivity contribution in [1.29, 1.82) is 0 Å². The second-order valence-corrected chi connectivity index (χ2v) is 9.38. The largest absolute Gasteiger partial charge is 0.497 e. The lowest BCUT2D eigenvalue weighted by molar-refractivity contribution is -0.126. The molecule has 0 aliphatic carbocycles. The zero-order valence-corrected chi connectivity index (χ0v) is 18.8. The summed E-state index contributed by atoms with van der Waals surface area (Å²) in [7, 11) is -1.04. The minimum Gasteiger partial charge on any atom is -0.497 e. The third-order valence-electron chi connectivity index (χ3n) is 5.52. The van der Waals surface area contributed by atoms with Gasteiger partial charge >= 0.3 is 0 Å². The monoisotopic (exact) mass is 468 g/mol. The Morgan fingerprint density at radius 3 is 2.47 bits per heavy atom. The standard InChI is InChI=1S/C22H26F2N2O5S/c1-30-18-5-3-15(20(14-18)31-2)7-10-25-22(27)16-8-11-26(12-9-16)32(28,29)21-13-17(23)4-6-19(21)24/h3-6,13-14,16H,7-12H2,1-2H3,(H,25,27). The minimum absolute atomic E-state index is 0.0582. The zero-order valence-electron chi connectivity index (χ0n) is 17.9. The van der Waals surface area contributed by atoms with Crippen LogP contribution in [0.25, 0.3) is 0 Å². The summed E-state index contributed by atoms with van der Waals surface area (Å²) >= 11 is 0. The van der Waals surface area contributed by atoms with Crippen molar-refractivity contribution in [3.05, 3.63) is 53.6 Å². The molecule has 0 spiro atoms. The van der Waals surface area contributed by atoms with Crippen molar-refractivity contribution in [1.82, 2.24) is 9.62 Å². The van der Waals surface area contributed by atoms with Crippen molar-refractivity contribution in [2.75, 3.05) is 33.9 Å². The number of hydrogen-bond acceptors (Lipinski definition) is 5. The Kier molecular flexibility index (Phi) is 7.68. The Morgan fingerprint density at radius 2 is 1.81 bits per heavy atom. The van der Waals surface area contributed by atoms with E-state index in [0.717, 1.165) is 22.0 Å². The highest BCUT2D eigenvalue weighted by molar-refractivity contribution is 7.89. The van der Waals surface area contributed by atoms with E-state index in [0.29, 0.717) is 43.4 Å². The molecule has 0 bridgehead atoms. The summed E-state index contributed by atoms with van der Waals surface area (Å²) < 4.78 is 64.3. The highest BCUT2D eigenvalue weighted by Gasteiger charge is 2.33. The third-order valence-corrected chi connectivity index (χ3v) is 7.44.